The van der Waals surface area contributed by atoms with E-state index in [-0.39, 0.29) is 11.5 Å². The number of ether oxygens (including phenoxy) is 1. The maximum atomic E-state index is 14.8. The van der Waals surface area contributed by atoms with E-state index in [1.165, 1.54) is 0 Å². The Bertz CT molecular complexity index is 637. The number of halogens is 1. The molecule has 0 radical (unpaired) electrons. The number of likely N-dealkylation sites (N-methyl/N-ethyl adjacent to an activating group) is 1. The number of morpholine rings is 1. The van der Waals surface area contributed by atoms with E-state index < -0.39 is 11.9 Å². The molecule has 1 aliphatic carbocycles. The largest absolute Gasteiger partial charge is 0.357 e. The molecule has 142 valence electrons. The minimum Gasteiger partial charge on any atom is -0.357 e. The smallest absolute Gasteiger partial charge is 0.254 e. The molecule has 1 saturated carbocycles. The second-order valence-corrected chi connectivity index (χ2v) is 8.31. The molecule has 2 saturated heterocycles. The molecule has 5 heteroatoms. The fourth-order valence-electron chi connectivity index (χ4n) is 5.01. The Balaban J connectivity index is 1.40. The van der Waals surface area contributed by atoms with Gasteiger partial charge in [-0.05, 0) is 44.1 Å². The minimum absolute atomic E-state index is 0.149. The number of benzene rings is 1. The average Bonchev–Trinajstić information content (AvgIpc) is 3.10. The summed E-state index contributed by atoms with van der Waals surface area (Å²) >= 11 is 0. The van der Waals surface area contributed by atoms with Gasteiger partial charge in [-0.15, -0.1) is 0 Å². The van der Waals surface area contributed by atoms with Crippen molar-refractivity contribution in [3.05, 3.63) is 35.9 Å². The van der Waals surface area contributed by atoms with Gasteiger partial charge in [0.1, 0.15) is 5.60 Å². The number of hydrogen-bond acceptors (Lipinski definition) is 3. The first-order chi connectivity index (χ1) is 12.5. The third kappa shape index (κ3) is 3.27. The van der Waals surface area contributed by atoms with Crippen LogP contribution in [-0.2, 0) is 16.0 Å². The monoisotopic (exact) mass is 360 g/mol. The summed E-state index contributed by atoms with van der Waals surface area (Å²) in [6.45, 7) is 2.01. The summed E-state index contributed by atoms with van der Waals surface area (Å²) in [7, 11) is 1.90. The number of carbonyl (C=O) groups is 1. The standard InChI is InChI=1S/C21H29FN2O2/c1-23-16-20(26-21(19(23)25)9-5-6-10-21)11-13-24(14-12-20)18(22)15-17-7-3-2-4-8-17/h2-4,7-8,18H,5-6,9-16H2,1H3. The van der Waals surface area contributed by atoms with Crippen LogP contribution in [0.2, 0.25) is 0 Å². The van der Waals surface area contributed by atoms with E-state index in [0.29, 0.717) is 26.1 Å². The van der Waals surface area contributed by atoms with Crippen molar-refractivity contribution in [1.29, 1.82) is 0 Å². The highest BCUT2D eigenvalue weighted by molar-refractivity contribution is 5.86. The Hall–Kier alpha value is -1.46. The summed E-state index contributed by atoms with van der Waals surface area (Å²) in [5, 5.41) is 0. The van der Waals surface area contributed by atoms with E-state index >= 15 is 0 Å². The Morgan fingerprint density at radius 3 is 2.42 bits per heavy atom. The van der Waals surface area contributed by atoms with E-state index in [2.05, 4.69) is 0 Å². The van der Waals surface area contributed by atoms with E-state index in [9.17, 15) is 9.18 Å². The van der Waals surface area contributed by atoms with Crippen LogP contribution < -0.4 is 0 Å². The van der Waals surface area contributed by atoms with Crippen molar-refractivity contribution >= 4 is 5.91 Å². The van der Waals surface area contributed by atoms with Crippen molar-refractivity contribution in [2.45, 2.75) is 62.4 Å². The molecular weight excluding hydrogens is 331 g/mol. The number of hydrogen-bond donors (Lipinski definition) is 0. The van der Waals surface area contributed by atoms with Gasteiger partial charge in [-0.2, -0.15) is 0 Å². The summed E-state index contributed by atoms with van der Waals surface area (Å²) < 4.78 is 21.3. The first-order valence-corrected chi connectivity index (χ1v) is 9.90. The summed E-state index contributed by atoms with van der Waals surface area (Å²) in [5.41, 5.74) is 0.133. The van der Waals surface area contributed by atoms with E-state index in [1.807, 2.05) is 47.2 Å². The first kappa shape index (κ1) is 17.9. The highest BCUT2D eigenvalue weighted by Gasteiger charge is 2.55. The van der Waals surface area contributed by atoms with E-state index in [0.717, 1.165) is 44.1 Å². The molecule has 2 heterocycles. The molecule has 0 N–H and O–H groups in total. The highest BCUT2D eigenvalue weighted by Crippen LogP contribution is 2.44. The highest BCUT2D eigenvalue weighted by atomic mass is 19.1. The van der Waals surface area contributed by atoms with Crippen molar-refractivity contribution < 1.29 is 13.9 Å². The molecule has 1 amide bonds. The van der Waals surface area contributed by atoms with Crippen LogP contribution in [-0.4, -0.2) is 59.9 Å². The third-order valence-electron chi connectivity index (χ3n) is 6.44. The first-order valence-electron chi connectivity index (χ1n) is 9.90. The molecule has 1 aromatic rings. The quantitative estimate of drug-likeness (QED) is 0.777. The van der Waals surface area contributed by atoms with Crippen LogP contribution >= 0.6 is 0 Å². The van der Waals surface area contributed by atoms with Crippen molar-refractivity contribution in [3.8, 4) is 0 Å². The van der Waals surface area contributed by atoms with Gasteiger partial charge in [0.25, 0.3) is 5.91 Å². The number of piperidine rings is 1. The van der Waals surface area contributed by atoms with Gasteiger partial charge in [0.15, 0.2) is 6.30 Å². The summed E-state index contributed by atoms with van der Waals surface area (Å²) in [6.07, 6.45) is 4.85. The fraction of sp³-hybridized carbons (Fsp3) is 0.667. The maximum absolute atomic E-state index is 14.8. The molecular formula is C21H29FN2O2. The van der Waals surface area contributed by atoms with Crippen LogP contribution in [0.5, 0.6) is 0 Å². The molecule has 1 unspecified atom stereocenters. The van der Waals surface area contributed by atoms with Crippen LogP contribution in [0.3, 0.4) is 0 Å². The summed E-state index contributed by atoms with van der Waals surface area (Å²) in [4.78, 5) is 16.5. The third-order valence-corrected chi connectivity index (χ3v) is 6.44. The maximum Gasteiger partial charge on any atom is 0.254 e. The van der Waals surface area contributed by atoms with Crippen LogP contribution in [0.25, 0.3) is 0 Å². The SMILES string of the molecule is CN1CC2(CCN(C(F)Cc3ccccc3)CC2)OC2(CCCC2)C1=O. The number of amides is 1. The zero-order valence-electron chi connectivity index (χ0n) is 15.6. The lowest BCUT2D eigenvalue weighted by molar-refractivity contribution is -0.223. The van der Waals surface area contributed by atoms with Crippen molar-refractivity contribution in [2.24, 2.45) is 0 Å². The van der Waals surface area contributed by atoms with Gasteiger partial charge >= 0.3 is 0 Å². The second kappa shape index (κ2) is 6.93. The molecule has 0 bridgehead atoms. The van der Waals surface area contributed by atoms with E-state index in [4.69, 9.17) is 4.74 Å². The Morgan fingerprint density at radius 2 is 1.77 bits per heavy atom. The van der Waals surface area contributed by atoms with Gasteiger partial charge in [0, 0.05) is 33.1 Å². The molecule has 3 fully saturated rings. The lowest BCUT2D eigenvalue weighted by Gasteiger charge is -2.52. The van der Waals surface area contributed by atoms with Crippen molar-refractivity contribution in [2.75, 3.05) is 26.7 Å². The van der Waals surface area contributed by atoms with Crippen molar-refractivity contribution in [1.82, 2.24) is 9.80 Å². The molecule has 1 aromatic carbocycles. The number of likely N-dealkylation sites (tertiary alicyclic amines) is 1. The molecule has 3 aliphatic rings. The molecule has 4 rings (SSSR count). The minimum atomic E-state index is -0.960. The van der Waals surface area contributed by atoms with Gasteiger partial charge in [-0.25, -0.2) is 4.39 Å². The van der Waals surface area contributed by atoms with Gasteiger partial charge in [-0.1, -0.05) is 30.3 Å². The Morgan fingerprint density at radius 1 is 1.12 bits per heavy atom. The molecule has 2 aliphatic heterocycles. The number of carbonyl (C=O) groups excluding carboxylic acids is 1. The number of rotatable bonds is 3. The van der Waals surface area contributed by atoms with Crippen LogP contribution in [0, 0.1) is 0 Å². The predicted molar refractivity (Wildman–Crippen MR) is 98.5 cm³/mol. The lowest BCUT2D eigenvalue weighted by Crippen LogP contribution is -2.65. The van der Waals surface area contributed by atoms with Crippen LogP contribution in [0.1, 0.15) is 44.1 Å². The number of nitrogens with zero attached hydrogens (tertiary/aromatic N) is 2. The molecule has 4 nitrogen and oxygen atoms in total. The lowest BCUT2D eigenvalue weighted by atomic mass is 9.85. The van der Waals surface area contributed by atoms with Crippen LogP contribution in [0.4, 0.5) is 4.39 Å². The van der Waals surface area contributed by atoms with Gasteiger partial charge in [0.2, 0.25) is 0 Å². The van der Waals surface area contributed by atoms with E-state index in [1.54, 1.807) is 0 Å². The second-order valence-electron chi connectivity index (χ2n) is 8.31. The summed E-state index contributed by atoms with van der Waals surface area (Å²) in [6, 6.07) is 9.83. The predicted octanol–water partition coefficient (Wildman–Crippen LogP) is 3.16. The molecule has 0 aromatic heterocycles. The zero-order valence-corrected chi connectivity index (χ0v) is 15.6. The van der Waals surface area contributed by atoms with Crippen LogP contribution in [0.15, 0.2) is 30.3 Å². The zero-order chi connectivity index (χ0) is 18.2. The Kier molecular flexibility index (Phi) is 4.78. The molecule has 1 atom stereocenters. The topological polar surface area (TPSA) is 32.8 Å². The molecule has 2 spiro atoms. The molecule has 26 heavy (non-hydrogen) atoms. The van der Waals surface area contributed by atoms with Gasteiger partial charge < -0.3 is 9.64 Å². The van der Waals surface area contributed by atoms with Gasteiger partial charge in [-0.3, -0.25) is 9.69 Å². The van der Waals surface area contributed by atoms with Crippen molar-refractivity contribution in [3.63, 3.8) is 0 Å². The number of alkyl halides is 1. The Labute approximate surface area is 155 Å². The summed E-state index contributed by atoms with van der Waals surface area (Å²) in [5.74, 6) is 0.149. The normalized spacial score (nSPS) is 26.5. The fourth-order valence-corrected chi connectivity index (χ4v) is 5.01. The average molecular weight is 360 g/mol. The van der Waals surface area contributed by atoms with Gasteiger partial charge in [0.05, 0.1) is 5.60 Å².